The predicted octanol–water partition coefficient (Wildman–Crippen LogP) is 2.02. The Morgan fingerprint density at radius 2 is 1.83 bits per heavy atom. The number of hydrogen-bond donors (Lipinski definition) is 1. The second kappa shape index (κ2) is 7.25. The fourth-order valence-electron chi connectivity index (χ4n) is 3.25. The molecule has 5 heteroatoms. The van der Waals surface area contributed by atoms with Gasteiger partial charge in [0.1, 0.15) is 0 Å². The molecule has 0 saturated carbocycles. The molecule has 0 unspecified atom stereocenters. The zero-order chi connectivity index (χ0) is 16.2. The van der Waals surface area contributed by atoms with Crippen LogP contribution in [0, 0.1) is 0 Å². The minimum absolute atomic E-state index is 0.223. The average Bonchev–Trinajstić information content (AvgIpc) is 2.95. The highest BCUT2D eigenvalue weighted by Crippen LogP contribution is 2.18. The molecule has 0 radical (unpaired) electrons. The Kier molecular flexibility index (Phi) is 5.10. The van der Waals surface area contributed by atoms with Crippen LogP contribution in [0.25, 0.3) is 11.1 Å². The van der Waals surface area contributed by atoms with Gasteiger partial charge < -0.3 is 9.84 Å². The lowest BCUT2D eigenvalue weighted by atomic mass is 10.1. The van der Waals surface area contributed by atoms with Crippen LogP contribution in [0.4, 0.5) is 0 Å². The molecule has 124 valence electrons. The highest BCUT2D eigenvalue weighted by molar-refractivity contribution is 5.61. The number of nitrogens with zero attached hydrogens (tertiary/aromatic N) is 3. The summed E-state index contributed by atoms with van der Waals surface area (Å²) in [5.41, 5.74) is 2.22. The number of aliphatic hydroxyl groups is 1. The summed E-state index contributed by atoms with van der Waals surface area (Å²) in [5.74, 6) is 0. The summed E-state index contributed by atoms with van der Waals surface area (Å²) in [7, 11) is 0. The van der Waals surface area contributed by atoms with Gasteiger partial charge in [0.2, 0.25) is 0 Å². The van der Waals surface area contributed by atoms with E-state index in [1.165, 1.54) is 0 Å². The molecule has 0 amide bonds. The van der Waals surface area contributed by atoms with Crippen LogP contribution in [0.2, 0.25) is 0 Å². The summed E-state index contributed by atoms with van der Waals surface area (Å²) >= 11 is 0. The van der Waals surface area contributed by atoms with Crippen molar-refractivity contribution in [2.24, 2.45) is 0 Å². The van der Waals surface area contributed by atoms with Gasteiger partial charge in [-0.25, -0.2) is 0 Å². The Morgan fingerprint density at radius 3 is 2.52 bits per heavy atom. The van der Waals surface area contributed by atoms with E-state index in [9.17, 15) is 5.11 Å². The maximum atomic E-state index is 10.4. The molecule has 3 rings (SSSR count). The van der Waals surface area contributed by atoms with Crippen molar-refractivity contribution >= 4 is 0 Å². The van der Waals surface area contributed by atoms with Crippen LogP contribution >= 0.6 is 0 Å². The Labute approximate surface area is 137 Å². The maximum absolute atomic E-state index is 10.4. The number of ether oxygens (including phenoxy) is 1. The second-order valence-electron chi connectivity index (χ2n) is 6.45. The van der Waals surface area contributed by atoms with Crippen molar-refractivity contribution < 1.29 is 9.84 Å². The lowest BCUT2D eigenvalue weighted by Gasteiger charge is -2.36. The molecule has 5 nitrogen and oxygen atoms in total. The molecule has 1 aromatic heterocycles. The second-order valence-corrected chi connectivity index (χ2v) is 6.45. The average molecular weight is 315 g/mol. The molecular formula is C18H25N3O2. The predicted molar refractivity (Wildman–Crippen MR) is 90.1 cm³/mol. The number of β-amino-alcohol motifs (C(OH)–C–C–N with tert-alkyl or cyclic N) is 1. The lowest BCUT2D eigenvalue weighted by Crippen LogP contribution is -2.48. The van der Waals surface area contributed by atoms with E-state index < -0.39 is 6.10 Å². The number of benzene rings is 1. The minimum Gasteiger partial charge on any atom is -0.390 e. The molecule has 1 aromatic carbocycles. The first-order valence-electron chi connectivity index (χ1n) is 8.24. The van der Waals surface area contributed by atoms with E-state index in [1.54, 1.807) is 0 Å². The van der Waals surface area contributed by atoms with E-state index in [2.05, 4.69) is 36.0 Å². The van der Waals surface area contributed by atoms with Gasteiger partial charge in [0.05, 0.1) is 31.1 Å². The quantitative estimate of drug-likeness (QED) is 0.917. The molecule has 1 saturated heterocycles. The molecule has 0 bridgehead atoms. The number of aliphatic hydroxyl groups excluding tert-OH is 1. The normalized spacial score (nSPS) is 23.8. The van der Waals surface area contributed by atoms with Crippen molar-refractivity contribution in [2.75, 3.05) is 19.6 Å². The first kappa shape index (κ1) is 16.2. The summed E-state index contributed by atoms with van der Waals surface area (Å²) in [5, 5.41) is 14.7. The van der Waals surface area contributed by atoms with Gasteiger partial charge in [-0.2, -0.15) is 5.10 Å². The summed E-state index contributed by atoms with van der Waals surface area (Å²) in [4.78, 5) is 2.27. The van der Waals surface area contributed by atoms with Crippen LogP contribution < -0.4 is 0 Å². The van der Waals surface area contributed by atoms with Gasteiger partial charge in [0.15, 0.2) is 0 Å². The summed E-state index contributed by atoms with van der Waals surface area (Å²) in [6, 6.07) is 10.2. The molecule has 1 N–H and O–H groups in total. The van der Waals surface area contributed by atoms with Crippen molar-refractivity contribution in [1.82, 2.24) is 14.7 Å². The Balaban J connectivity index is 1.56. The van der Waals surface area contributed by atoms with E-state index in [0.29, 0.717) is 13.1 Å². The van der Waals surface area contributed by atoms with Gasteiger partial charge in [-0.15, -0.1) is 0 Å². The molecular weight excluding hydrogens is 290 g/mol. The van der Waals surface area contributed by atoms with Gasteiger partial charge in [0.25, 0.3) is 0 Å². The maximum Gasteiger partial charge on any atom is 0.0862 e. The van der Waals surface area contributed by atoms with Crippen molar-refractivity contribution in [3.63, 3.8) is 0 Å². The SMILES string of the molecule is C[C@@H]1CN(C[C@@H](O)Cn2cc(-c3ccccc3)cn2)C[C@H](C)O1. The number of rotatable bonds is 5. The Bertz CT molecular complexity index is 604. The smallest absolute Gasteiger partial charge is 0.0862 e. The van der Waals surface area contributed by atoms with Gasteiger partial charge in [-0.1, -0.05) is 30.3 Å². The molecule has 1 aliphatic heterocycles. The monoisotopic (exact) mass is 315 g/mol. The van der Waals surface area contributed by atoms with E-state index >= 15 is 0 Å². The number of hydrogen-bond acceptors (Lipinski definition) is 4. The highest BCUT2D eigenvalue weighted by Gasteiger charge is 2.23. The lowest BCUT2D eigenvalue weighted by molar-refractivity contribution is -0.0774. The molecule has 0 aliphatic carbocycles. The molecule has 2 aromatic rings. The topological polar surface area (TPSA) is 50.5 Å². The largest absolute Gasteiger partial charge is 0.390 e. The van der Waals surface area contributed by atoms with Crippen molar-refractivity contribution in [1.29, 1.82) is 0 Å². The Morgan fingerprint density at radius 1 is 1.13 bits per heavy atom. The fraction of sp³-hybridized carbons (Fsp3) is 0.500. The van der Waals surface area contributed by atoms with E-state index in [-0.39, 0.29) is 12.2 Å². The van der Waals surface area contributed by atoms with Crippen LogP contribution in [0.15, 0.2) is 42.7 Å². The third-order valence-corrected chi connectivity index (χ3v) is 4.10. The van der Waals surface area contributed by atoms with E-state index in [4.69, 9.17) is 4.74 Å². The highest BCUT2D eigenvalue weighted by atomic mass is 16.5. The third kappa shape index (κ3) is 4.41. The standard InChI is InChI=1S/C18H25N3O2/c1-14-9-20(10-15(2)23-14)12-18(22)13-21-11-17(8-19-21)16-6-4-3-5-7-16/h3-8,11,14-15,18,22H,9-10,12-13H2,1-2H3/t14-,15+,18-/m1/s1. The van der Waals surface area contributed by atoms with Crippen molar-refractivity contribution in [3.05, 3.63) is 42.7 Å². The van der Waals surface area contributed by atoms with Gasteiger partial charge in [-0.05, 0) is 19.4 Å². The summed E-state index contributed by atoms with van der Waals surface area (Å²) in [6.07, 6.45) is 3.85. The van der Waals surface area contributed by atoms with E-state index in [0.717, 1.165) is 24.2 Å². The van der Waals surface area contributed by atoms with Gasteiger partial charge in [0, 0.05) is 31.4 Å². The molecule has 1 aliphatic rings. The van der Waals surface area contributed by atoms with Crippen LogP contribution in [-0.2, 0) is 11.3 Å². The fourth-order valence-corrected chi connectivity index (χ4v) is 3.25. The first-order valence-corrected chi connectivity index (χ1v) is 8.24. The van der Waals surface area contributed by atoms with Crippen LogP contribution in [-0.4, -0.2) is 57.7 Å². The molecule has 0 spiro atoms. The summed E-state index contributed by atoms with van der Waals surface area (Å²) < 4.78 is 7.55. The minimum atomic E-state index is -0.434. The van der Waals surface area contributed by atoms with Crippen molar-refractivity contribution in [2.45, 2.75) is 38.7 Å². The van der Waals surface area contributed by atoms with Crippen LogP contribution in [0.1, 0.15) is 13.8 Å². The van der Waals surface area contributed by atoms with Crippen LogP contribution in [0.5, 0.6) is 0 Å². The number of morpholine rings is 1. The van der Waals surface area contributed by atoms with Crippen molar-refractivity contribution in [3.8, 4) is 11.1 Å². The van der Waals surface area contributed by atoms with Gasteiger partial charge in [-0.3, -0.25) is 9.58 Å². The third-order valence-electron chi connectivity index (χ3n) is 4.10. The molecule has 23 heavy (non-hydrogen) atoms. The Hall–Kier alpha value is -1.69. The summed E-state index contributed by atoms with van der Waals surface area (Å²) in [6.45, 7) is 7.06. The molecule has 2 heterocycles. The zero-order valence-corrected chi connectivity index (χ0v) is 13.8. The van der Waals surface area contributed by atoms with Crippen LogP contribution in [0.3, 0.4) is 0 Å². The van der Waals surface area contributed by atoms with E-state index in [1.807, 2.05) is 35.3 Å². The number of aromatic nitrogens is 2. The molecule has 1 fully saturated rings. The molecule has 3 atom stereocenters. The first-order chi connectivity index (χ1) is 11.1. The zero-order valence-electron chi connectivity index (χ0n) is 13.8. The van der Waals surface area contributed by atoms with Gasteiger partial charge >= 0.3 is 0 Å².